The van der Waals surface area contributed by atoms with Crippen LogP contribution in [-0.4, -0.2) is 17.8 Å². The molecule has 0 unspecified atom stereocenters. The molecule has 0 saturated heterocycles. The smallest absolute Gasteiger partial charge is 0.305 e. The normalized spacial score (nSPS) is 13.4. The Hall–Kier alpha value is -2.31. The Morgan fingerprint density at radius 3 is 2.39 bits per heavy atom. The highest BCUT2D eigenvalue weighted by molar-refractivity contribution is 5.92. The monoisotopic (exact) mass is 323 g/mol. The molecule has 23 heavy (non-hydrogen) atoms. The van der Waals surface area contributed by atoms with Gasteiger partial charge >= 0.3 is 5.91 Å². The third-order valence-corrected chi connectivity index (χ3v) is 3.61. The summed E-state index contributed by atoms with van der Waals surface area (Å²) in [6, 6.07) is 3.01. The molecule has 1 heterocycles. The lowest BCUT2D eigenvalue weighted by Gasteiger charge is -2.25. The number of rotatable bonds is 8. The third kappa shape index (κ3) is 6.54. The second-order valence-corrected chi connectivity index (χ2v) is 6.06. The van der Waals surface area contributed by atoms with Crippen molar-refractivity contribution in [2.75, 3.05) is 0 Å². The number of hydrazine groups is 1. The van der Waals surface area contributed by atoms with E-state index in [9.17, 15) is 19.5 Å². The summed E-state index contributed by atoms with van der Waals surface area (Å²) < 4.78 is 4.88. The van der Waals surface area contributed by atoms with Gasteiger partial charge in [0, 0.05) is 18.3 Å². The average Bonchev–Trinajstić information content (AvgIpc) is 2.98. The Balaban J connectivity index is 2.44. The molecule has 2 amide bonds. The van der Waals surface area contributed by atoms with Crippen LogP contribution in [0.5, 0.6) is 0 Å². The molecule has 0 radical (unpaired) electrons. The topological polar surface area (TPSA) is 111 Å². The zero-order chi connectivity index (χ0) is 17.4. The molecular weight excluding hydrogens is 300 g/mol. The van der Waals surface area contributed by atoms with Gasteiger partial charge in [0.15, 0.2) is 5.76 Å². The second-order valence-electron chi connectivity index (χ2n) is 6.06. The third-order valence-electron chi connectivity index (χ3n) is 3.61. The first-order valence-corrected chi connectivity index (χ1v) is 7.64. The van der Waals surface area contributed by atoms with E-state index in [4.69, 9.17) is 4.42 Å². The van der Waals surface area contributed by atoms with Crippen molar-refractivity contribution in [3.05, 3.63) is 24.2 Å². The van der Waals surface area contributed by atoms with Crippen LogP contribution in [0, 0.1) is 17.8 Å². The molecule has 0 saturated carbocycles. The summed E-state index contributed by atoms with van der Waals surface area (Å²) in [5, 5.41) is 11.2. The van der Waals surface area contributed by atoms with Gasteiger partial charge in [0.1, 0.15) is 0 Å². The molecule has 1 aromatic heterocycles. The summed E-state index contributed by atoms with van der Waals surface area (Å²) in [5.41, 5.74) is 4.46. The maximum Gasteiger partial charge on any atom is 0.305 e. The molecule has 128 valence electrons. The Bertz CT molecular complexity index is 525. The number of nitrogens with one attached hydrogen (secondary N) is 2. The molecule has 2 atom stereocenters. The zero-order valence-electron chi connectivity index (χ0n) is 13.6. The van der Waals surface area contributed by atoms with E-state index in [1.54, 1.807) is 13.0 Å². The van der Waals surface area contributed by atoms with Gasteiger partial charge in [-0.15, -0.1) is 0 Å². The summed E-state index contributed by atoms with van der Waals surface area (Å²) in [6.45, 7) is 5.70. The van der Waals surface area contributed by atoms with E-state index in [0.29, 0.717) is 12.3 Å². The van der Waals surface area contributed by atoms with Crippen LogP contribution in [0.25, 0.3) is 0 Å². The molecule has 7 nitrogen and oxygen atoms in total. The fourth-order valence-electron chi connectivity index (χ4n) is 2.23. The Morgan fingerprint density at radius 2 is 1.87 bits per heavy atom. The van der Waals surface area contributed by atoms with Crippen molar-refractivity contribution < 1.29 is 23.9 Å². The summed E-state index contributed by atoms with van der Waals surface area (Å²) in [6.07, 6.45) is 2.54. The van der Waals surface area contributed by atoms with E-state index in [0.717, 1.165) is 6.42 Å². The lowest BCUT2D eigenvalue weighted by molar-refractivity contribution is -0.313. The number of carbonyl (C=O) groups excluding carboxylic acids is 3. The van der Waals surface area contributed by atoms with Crippen LogP contribution in [0.4, 0.5) is 0 Å². The SMILES string of the molecule is CC(C)CC[C@H](C(=O)[O-])[C@H](C)CC(=O)NNC(=O)c1ccco1. The Labute approximate surface area is 135 Å². The highest BCUT2D eigenvalue weighted by Crippen LogP contribution is 2.22. The van der Waals surface area contributed by atoms with E-state index in [-0.39, 0.29) is 18.1 Å². The quantitative estimate of drug-likeness (QED) is 0.689. The van der Waals surface area contributed by atoms with E-state index in [1.165, 1.54) is 12.3 Å². The van der Waals surface area contributed by atoms with Gasteiger partial charge in [-0.2, -0.15) is 0 Å². The van der Waals surface area contributed by atoms with E-state index >= 15 is 0 Å². The zero-order valence-corrected chi connectivity index (χ0v) is 13.6. The minimum Gasteiger partial charge on any atom is -0.550 e. The van der Waals surface area contributed by atoms with Crippen molar-refractivity contribution in [3.63, 3.8) is 0 Å². The van der Waals surface area contributed by atoms with Gasteiger partial charge in [-0.25, -0.2) is 0 Å². The molecule has 0 aliphatic heterocycles. The maximum absolute atomic E-state index is 11.8. The summed E-state index contributed by atoms with van der Waals surface area (Å²) >= 11 is 0. The predicted molar refractivity (Wildman–Crippen MR) is 80.7 cm³/mol. The summed E-state index contributed by atoms with van der Waals surface area (Å²) in [7, 11) is 0. The molecular formula is C16H23N2O5-. The van der Waals surface area contributed by atoms with Crippen molar-refractivity contribution in [1.29, 1.82) is 0 Å². The van der Waals surface area contributed by atoms with Crippen molar-refractivity contribution in [1.82, 2.24) is 10.9 Å². The highest BCUT2D eigenvalue weighted by atomic mass is 16.4. The van der Waals surface area contributed by atoms with Crippen LogP contribution in [0.2, 0.25) is 0 Å². The molecule has 0 spiro atoms. The van der Waals surface area contributed by atoms with Crippen LogP contribution in [0.15, 0.2) is 22.8 Å². The number of carboxylic acids is 1. The van der Waals surface area contributed by atoms with Gasteiger partial charge in [-0.05, 0) is 30.4 Å². The standard InChI is InChI=1S/C16H24N2O5/c1-10(2)6-7-12(16(21)22)11(3)9-14(19)17-18-15(20)13-5-4-8-23-13/h4-5,8,10-12H,6-7,9H2,1-3H3,(H,17,19)(H,18,20)(H,21,22)/p-1/t11-,12+/m1/s1. The second kappa shape index (κ2) is 8.97. The number of aliphatic carboxylic acids is 1. The number of carboxylic acid groups (broad SMARTS) is 1. The van der Waals surface area contributed by atoms with Crippen LogP contribution in [0.3, 0.4) is 0 Å². The fourth-order valence-corrected chi connectivity index (χ4v) is 2.23. The van der Waals surface area contributed by atoms with E-state index in [1.807, 2.05) is 13.8 Å². The van der Waals surface area contributed by atoms with Gasteiger partial charge in [-0.1, -0.05) is 27.2 Å². The minimum atomic E-state index is -1.15. The number of hydrogen-bond acceptors (Lipinski definition) is 5. The van der Waals surface area contributed by atoms with Gasteiger partial charge in [0.05, 0.1) is 6.26 Å². The summed E-state index contributed by atoms with van der Waals surface area (Å²) in [4.78, 5) is 34.6. The molecule has 1 rings (SSSR count). The molecule has 0 fully saturated rings. The first-order valence-electron chi connectivity index (χ1n) is 7.64. The first kappa shape index (κ1) is 18.7. The Morgan fingerprint density at radius 1 is 1.17 bits per heavy atom. The molecule has 0 aliphatic carbocycles. The van der Waals surface area contributed by atoms with Crippen molar-refractivity contribution >= 4 is 17.8 Å². The number of hydrogen-bond donors (Lipinski definition) is 2. The van der Waals surface area contributed by atoms with Gasteiger partial charge < -0.3 is 14.3 Å². The van der Waals surface area contributed by atoms with Crippen LogP contribution < -0.4 is 16.0 Å². The molecule has 7 heteroatoms. The van der Waals surface area contributed by atoms with Crippen molar-refractivity contribution in [3.8, 4) is 0 Å². The molecule has 2 N–H and O–H groups in total. The van der Waals surface area contributed by atoms with Crippen molar-refractivity contribution in [2.24, 2.45) is 17.8 Å². The van der Waals surface area contributed by atoms with Crippen LogP contribution >= 0.6 is 0 Å². The van der Waals surface area contributed by atoms with Gasteiger partial charge in [0.25, 0.3) is 0 Å². The molecule has 0 aliphatic rings. The number of amides is 2. The first-order chi connectivity index (χ1) is 10.8. The lowest BCUT2D eigenvalue weighted by Crippen LogP contribution is -2.43. The summed E-state index contributed by atoms with van der Waals surface area (Å²) in [5.74, 6) is -2.82. The average molecular weight is 323 g/mol. The largest absolute Gasteiger partial charge is 0.550 e. The molecule has 0 bridgehead atoms. The predicted octanol–water partition coefficient (Wildman–Crippen LogP) is 0.869. The van der Waals surface area contributed by atoms with Crippen molar-refractivity contribution in [2.45, 2.75) is 40.0 Å². The van der Waals surface area contributed by atoms with E-state index in [2.05, 4.69) is 10.9 Å². The van der Waals surface area contributed by atoms with Gasteiger partial charge in [0.2, 0.25) is 5.91 Å². The fraction of sp³-hybridized carbons (Fsp3) is 0.562. The van der Waals surface area contributed by atoms with Crippen LogP contribution in [0.1, 0.15) is 50.6 Å². The van der Waals surface area contributed by atoms with E-state index < -0.39 is 23.7 Å². The Kier molecular flexibility index (Phi) is 7.31. The molecule has 0 aromatic carbocycles. The lowest BCUT2D eigenvalue weighted by atomic mass is 9.85. The number of furan rings is 1. The molecule has 1 aromatic rings. The van der Waals surface area contributed by atoms with Crippen LogP contribution in [-0.2, 0) is 9.59 Å². The number of carbonyl (C=O) groups is 3. The van der Waals surface area contributed by atoms with Gasteiger partial charge in [-0.3, -0.25) is 20.4 Å². The minimum absolute atomic E-state index is 0.0187. The maximum atomic E-state index is 11.8. The highest BCUT2D eigenvalue weighted by Gasteiger charge is 2.22.